The highest BCUT2D eigenvalue weighted by Crippen LogP contribution is 2.48. The molecule has 6 nitrogen and oxygen atoms in total. The molecule has 2 aliphatic heterocycles. The first kappa shape index (κ1) is 14.7. The molecule has 0 unspecified atom stereocenters. The quantitative estimate of drug-likeness (QED) is 0.619. The highest BCUT2D eigenvalue weighted by molar-refractivity contribution is 5.89. The van der Waals surface area contributed by atoms with Crippen LogP contribution >= 0.6 is 0 Å². The molecular weight excluding hydrogens is 246 g/mol. The van der Waals surface area contributed by atoms with Gasteiger partial charge >= 0.3 is 0 Å². The lowest BCUT2D eigenvalue weighted by molar-refractivity contribution is -0.294. The van der Waals surface area contributed by atoms with E-state index in [4.69, 9.17) is 0 Å². The molecule has 1 amide bonds. The van der Waals surface area contributed by atoms with E-state index in [-0.39, 0.29) is 5.91 Å². The number of rotatable bonds is 0. The molecule has 2 fully saturated rings. The molecular formula is C13H25N3O3. The number of hydrogen-bond donors (Lipinski definition) is 3. The Hall–Kier alpha value is -0.690. The number of nitrogens with zero attached hydrogens (tertiary/aromatic N) is 2. The van der Waals surface area contributed by atoms with Gasteiger partial charge in [-0.05, 0) is 54.4 Å². The zero-order chi connectivity index (χ0) is 14.9. The van der Waals surface area contributed by atoms with Crippen LogP contribution in [-0.4, -0.2) is 48.7 Å². The second-order valence-corrected chi connectivity index (χ2v) is 7.65. The van der Waals surface area contributed by atoms with E-state index in [9.17, 15) is 15.2 Å². The Kier molecular flexibility index (Phi) is 2.86. The van der Waals surface area contributed by atoms with Crippen molar-refractivity contribution in [3.8, 4) is 0 Å². The maximum atomic E-state index is 12.4. The van der Waals surface area contributed by atoms with E-state index < -0.39 is 22.3 Å². The van der Waals surface area contributed by atoms with Crippen molar-refractivity contribution in [1.82, 2.24) is 15.4 Å². The van der Waals surface area contributed by atoms with E-state index >= 15 is 0 Å². The third-order valence-corrected chi connectivity index (χ3v) is 4.37. The van der Waals surface area contributed by atoms with Gasteiger partial charge in [0.25, 0.3) is 0 Å². The van der Waals surface area contributed by atoms with Gasteiger partial charge < -0.3 is 15.7 Å². The molecule has 0 bridgehead atoms. The van der Waals surface area contributed by atoms with Crippen LogP contribution in [0.3, 0.4) is 0 Å². The van der Waals surface area contributed by atoms with E-state index in [1.54, 1.807) is 13.8 Å². The van der Waals surface area contributed by atoms with Crippen molar-refractivity contribution in [3.63, 3.8) is 0 Å². The fourth-order valence-corrected chi connectivity index (χ4v) is 3.85. The SMILES string of the molecule is CC1(C)CC2(CC(C)(C)N1O)C(=O)NC(C)(C)N2O. The van der Waals surface area contributed by atoms with Crippen LogP contribution in [0.2, 0.25) is 0 Å². The standard InChI is InChI=1S/C13H25N3O3/c1-10(2)7-13(8-11(3,4)15(10)18)9(17)14-12(5,6)16(13)19/h18-19H,7-8H2,1-6H3,(H,14,17). The largest absolute Gasteiger partial charge is 0.335 e. The van der Waals surface area contributed by atoms with Gasteiger partial charge in [-0.3, -0.25) is 4.79 Å². The molecule has 0 radical (unpaired) electrons. The molecule has 0 saturated carbocycles. The van der Waals surface area contributed by atoms with Crippen molar-refractivity contribution in [3.05, 3.63) is 0 Å². The fourth-order valence-electron chi connectivity index (χ4n) is 3.85. The average molecular weight is 271 g/mol. The minimum atomic E-state index is -0.990. The van der Waals surface area contributed by atoms with Crippen LogP contribution in [0.1, 0.15) is 54.4 Å². The number of carbonyl (C=O) groups is 1. The monoisotopic (exact) mass is 271 g/mol. The first-order valence-electron chi connectivity index (χ1n) is 6.66. The molecule has 0 aromatic rings. The van der Waals surface area contributed by atoms with Crippen LogP contribution in [-0.2, 0) is 4.79 Å². The fraction of sp³-hybridized carbons (Fsp3) is 0.923. The molecule has 19 heavy (non-hydrogen) atoms. The first-order chi connectivity index (χ1) is 8.35. The maximum absolute atomic E-state index is 12.4. The molecule has 6 heteroatoms. The Morgan fingerprint density at radius 3 is 1.68 bits per heavy atom. The number of carbonyl (C=O) groups excluding carboxylic acids is 1. The van der Waals surface area contributed by atoms with Gasteiger partial charge in [0.1, 0.15) is 11.2 Å². The topological polar surface area (TPSA) is 76.0 Å². The minimum Gasteiger partial charge on any atom is -0.335 e. The van der Waals surface area contributed by atoms with Crippen molar-refractivity contribution >= 4 is 5.91 Å². The molecule has 2 heterocycles. The average Bonchev–Trinajstić information content (AvgIpc) is 2.36. The van der Waals surface area contributed by atoms with Crippen molar-refractivity contribution in [1.29, 1.82) is 0 Å². The second-order valence-electron chi connectivity index (χ2n) is 7.65. The van der Waals surface area contributed by atoms with E-state index in [1.807, 2.05) is 27.7 Å². The molecule has 2 aliphatic rings. The summed E-state index contributed by atoms with van der Waals surface area (Å²) in [6.07, 6.45) is 0.734. The molecule has 1 spiro atoms. The summed E-state index contributed by atoms with van der Waals surface area (Å²) in [5, 5.41) is 26.1. The van der Waals surface area contributed by atoms with Gasteiger partial charge in [-0.2, -0.15) is 10.1 Å². The van der Waals surface area contributed by atoms with E-state index in [0.29, 0.717) is 12.8 Å². The zero-order valence-corrected chi connectivity index (χ0v) is 12.6. The summed E-state index contributed by atoms with van der Waals surface area (Å²) < 4.78 is 0. The van der Waals surface area contributed by atoms with Crippen molar-refractivity contribution < 1.29 is 15.2 Å². The van der Waals surface area contributed by atoms with Gasteiger partial charge in [-0.1, -0.05) is 0 Å². The molecule has 3 N–H and O–H groups in total. The summed E-state index contributed by atoms with van der Waals surface area (Å²) in [6, 6.07) is 0. The van der Waals surface area contributed by atoms with Crippen molar-refractivity contribution in [2.75, 3.05) is 0 Å². The van der Waals surface area contributed by atoms with Gasteiger partial charge in [0, 0.05) is 11.1 Å². The first-order valence-corrected chi connectivity index (χ1v) is 6.66. The number of amides is 1. The summed E-state index contributed by atoms with van der Waals surface area (Å²) >= 11 is 0. The molecule has 110 valence electrons. The molecule has 2 rings (SSSR count). The van der Waals surface area contributed by atoms with Gasteiger partial charge in [-0.25, -0.2) is 0 Å². The molecule has 0 aromatic carbocycles. The van der Waals surface area contributed by atoms with Crippen LogP contribution in [0.5, 0.6) is 0 Å². The van der Waals surface area contributed by atoms with Gasteiger partial charge in [0.05, 0.1) is 0 Å². The highest BCUT2D eigenvalue weighted by Gasteiger charge is 2.64. The summed E-state index contributed by atoms with van der Waals surface area (Å²) in [5.41, 5.74) is -2.97. The number of nitrogens with one attached hydrogen (secondary N) is 1. The summed E-state index contributed by atoms with van der Waals surface area (Å²) in [6.45, 7) is 11.0. The number of hydroxylamine groups is 4. The Morgan fingerprint density at radius 2 is 1.37 bits per heavy atom. The predicted molar refractivity (Wildman–Crippen MR) is 69.6 cm³/mol. The summed E-state index contributed by atoms with van der Waals surface area (Å²) in [4.78, 5) is 12.4. The minimum absolute atomic E-state index is 0.172. The molecule has 0 atom stereocenters. The van der Waals surface area contributed by atoms with Crippen LogP contribution in [0.4, 0.5) is 0 Å². The summed E-state index contributed by atoms with van der Waals surface area (Å²) in [7, 11) is 0. The zero-order valence-electron chi connectivity index (χ0n) is 12.6. The van der Waals surface area contributed by atoms with E-state index in [0.717, 1.165) is 5.06 Å². The van der Waals surface area contributed by atoms with E-state index in [2.05, 4.69) is 5.32 Å². The van der Waals surface area contributed by atoms with Crippen LogP contribution in [0, 0.1) is 0 Å². The number of hydrogen-bond acceptors (Lipinski definition) is 5. The van der Waals surface area contributed by atoms with Crippen LogP contribution in [0.25, 0.3) is 0 Å². The van der Waals surface area contributed by atoms with Crippen molar-refractivity contribution in [2.45, 2.75) is 76.7 Å². The van der Waals surface area contributed by atoms with Crippen LogP contribution in [0.15, 0.2) is 0 Å². The lowest BCUT2D eigenvalue weighted by atomic mass is 9.70. The Balaban J connectivity index is 2.49. The van der Waals surface area contributed by atoms with E-state index in [1.165, 1.54) is 5.06 Å². The number of piperidine rings is 1. The Labute approximate surface area is 114 Å². The van der Waals surface area contributed by atoms with Gasteiger partial charge in [-0.15, -0.1) is 0 Å². The Bertz CT molecular complexity index is 399. The van der Waals surface area contributed by atoms with Crippen LogP contribution < -0.4 is 5.32 Å². The third-order valence-electron chi connectivity index (χ3n) is 4.37. The molecule has 0 aromatic heterocycles. The predicted octanol–water partition coefficient (Wildman–Crippen LogP) is 1.32. The smallest absolute Gasteiger partial charge is 0.244 e. The maximum Gasteiger partial charge on any atom is 0.244 e. The molecule has 0 aliphatic carbocycles. The normalized spacial score (nSPS) is 32.5. The highest BCUT2D eigenvalue weighted by atomic mass is 16.5. The van der Waals surface area contributed by atoms with Crippen molar-refractivity contribution in [2.24, 2.45) is 0 Å². The third kappa shape index (κ3) is 1.89. The Morgan fingerprint density at radius 1 is 0.947 bits per heavy atom. The molecule has 2 saturated heterocycles. The second kappa shape index (κ2) is 3.69. The lowest BCUT2D eigenvalue weighted by Gasteiger charge is -2.55. The van der Waals surface area contributed by atoms with Gasteiger partial charge in [0.15, 0.2) is 0 Å². The lowest BCUT2D eigenvalue weighted by Crippen LogP contribution is -2.69. The van der Waals surface area contributed by atoms with Gasteiger partial charge in [0.2, 0.25) is 5.91 Å². The summed E-state index contributed by atoms with van der Waals surface area (Å²) in [5.74, 6) is -0.172.